The predicted molar refractivity (Wildman–Crippen MR) is 79.9 cm³/mol. The lowest BCUT2D eigenvalue weighted by molar-refractivity contribution is 0.294. The third kappa shape index (κ3) is 3.74. The Morgan fingerprint density at radius 2 is 1.81 bits per heavy atom. The molecule has 2 aromatic rings. The first kappa shape index (κ1) is 15.3. The number of benzene rings is 2. The molecule has 0 saturated carbocycles. The molecule has 0 unspecified atom stereocenters. The Hall–Kier alpha value is -2.05. The average Bonchev–Trinajstić information content (AvgIpc) is 2.45. The van der Waals surface area contributed by atoms with Gasteiger partial charge in [-0.15, -0.1) is 0 Å². The first-order chi connectivity index (χ1) is 9.91. The van der Waals surface area contributed by atoms with Crippen LogP contribution in [0.4, 0.5) is 0 Å². The van der Waals surface area contributed by atoms with Crippen molar-refractivity contribution in [1.29, 1.82) is 0 Å². The molecule has 0 fully saturated rings. The Morgan fingerprint density at radius 3 is 2.43 bits per heavy atom. The number of nitrogens with two attached hydrogens (primary N) is 1. The Bertz CT molecular complexity index is 741. The van der Waals surface area contributed by atoms with Crippen LogP contribution in [0.25, 0.3) is 0 Å². The smallest absolute Gasteiger partial charge is 0.238 e. The van der Waals surface area contributed by atoms with E-state index in [1.165, 1.54) is 12.1 Å². The van der Waals surface area contributed by atoms with Crippen LogP contribution in [0, 0.1) is 6.92 Å². The van der Waals surface area contributed by atoms with Gasteiger partial charge in [0.25, 0.3) is 0 Å². The van der Waals surface area contributed by atoms with Crippen LogP contribution in [0.1, 0.15) is 11.1 Å². The van der Waals surface area contributed by atoms with E-state index in [0.29, 0.717) is 17.9 Å². The van der Waals surface area contributed by atoms with E-state index < -0.39 is 10.0 Å². The maximum Gasteiger partial charge on any atom is 0.238 e. The summed E-state index contributed by atoms with van der Waals surface area (Å²) in [6.45, 7) is 2.10. The van der Waals surface area contributed by atoms with Crippen molar-refractivity contribution in [2.45, 2.75) is 18.4 Å². The second-order valence-corrected chi connectivity index (χ2v) is 6.13. The predicted octanol–water partition coefficient (Wildman–Crippen LogP) is 2.23. The summed E-state index contributed by atoms with van der Waals surface area (Å²) in [6.07, 6.45) is 0. The molecular formula is C15H17NO4S. The number of sulfonamides is 1. The van der Waals surface area contributed by atoms with E-state index in [-0.39, 0.29) is 4.90 Å². The number of hydrogen-bond donors (Lipinski definition) is 1. The quantitative estimate of drug-likeness (QED) is 0.918. The lowest BCUT2D eigenvalue weighted by Crippen LogP contribution is -2.12. The average molecular weight is 307 g/mol. The molecule has 6 heteroatoms. The van der Waals surface area contributed by atoms with E-state index in [1.54, 1.807) is 20.1 Å². The number of para-hydroxylation sites is 1. The van der Waals surface area contributed by atoms with Crippen molar-refractivity contribution in [2.75, 3.05) is 7.11 Å². The highest BCUT2D eigenvalue weighted by molar-refractivity contribution is 7.89. The van der Waals surface area contributed by atoms with Crippen molar-refractivity contribution in [3.05, 3.63) is 53.6 Å². The van der Waals surface area contributed by atoms with Gasteiger partial charge in [-0.05, 0) is 36.8 Å². The minimum Gasteiger partial charge on any atom is -0.496 e. The zero-order valence-corrected chi connectivity index (χ0v) is 12.7. The van der Waals surface area contributed by atoms with Crippen LogP contribution in [0.15, 0.2) is 47.4 Å². The lowest BCUT2D eigenvalue weighted by Gasteiger charge is -2.12. The molecule has 0 heterocycles. The minimum absolute atomic E-state index is 0.0737. The summed E-state index contributed by atoms with van der Waals surface area (Å²) >= 11 is 0. The molecule has 2 rings (SSSR count). The molecule has 2 N–H and O–H groups in total. The molecule has 0 aliphatic carbocycles. The van der Waals surface area contributed by atoms with Crippen LogP contribution < -0.4 is 14.6 Å². The summed E-state index contributed by atoms with van der Waals surface area (Å²) in [5, 5.41) is 5.09. The van der Waals surface area contributed by atoms with Gasteiger partial charge in [0.1, 0.15) is 18.1 Å². The topological polar surface area (TPSA) is 78.6 Å². The van der Waals surface area contributed by atoms with Gasteiger partial charge in [-0.25, -0.2) is 13.6 Å². The molecule has 0 atom stereocenters. The van der Waals surface area contributed by atoms with Crippen molar-refractivity contribution in [3.8, 4) is 11.5 Å². The van der Waals surface area contributed by atoms with Crippen LogP contribution >= 0.6 is 0 Å². The molecule has 21 heavy (non-hydrogen) atoms. The molecule has 5 nitrogen and oxygen atoms in total. The number of aryl methyl sites for hydroxylation is 1. The van der Waals surface area contributed by atoms with Crippen LogP contribution in [0.5, 0.6) is 11.5 Å². The van der Waals surface area contributed by atoms with E-state index in [1.807, 2.05) is 24.3 Å². The zero-order chi connectivity index (χ0) is 15.5. The van der Waals surface area contributed by atoms with Crippen LogP contribution in [0.2, 0.25) is 0 Å². The van der Waals surface area contributed by atoms with Gasteiger partial charge in [0.05, 0.1) is 12.0 Å². The molecule has 2 aromatic carbocycles. The molecule has 0 saturated heterocycles. The fourth-order valence-electron chi connectivity index (χ4n) is 1.94. The van der Waals surface area contributed by atoms with E-state index in [0.717, 1.165) is 11.3 Å². The van der Waals surface area contributed by atoms with Gasteiger partial charge in [0, 0.05) is 5.56 Å². The van der Waals surface area contributed by atoms with Gasteiger partial charge < -0.3 is 9.47 Å². The Morgan fingerprint density at radius 1 is 1.10 bits per heavy atom. The second-order valence-electron chi connectivity index (χ2n) is 4.57. The van der Waals surface area contributed by atoms with Crippen LogP contribution in [-0.4, -0.2) is 15.5 Å². The molecule has 0 amide bonds. The normalized spacial score (nSPS) is 11.2. The van der Waals surface area contributed by atoms with Gasteiger partial charge in [-0.1, -0.05) is 18.2 Å². The number of methoxy groups -OCH3 is 1. The van der Waals surface area contributed by atoms with Crippen molar-refractivity contribution < 1.29 is 17.9 Å². The fourth-order valence-corrected chi connectivity index (χ4v) is 2.54. The van der Waals surface area contributed by atoms with E-state index >= 15 is 0 Å². The highest BCUT2D eigenvalue weighted by Gasteiger charge is 2.10. The summed E-state index contributed by atoms with van der Waals surface area (Å²) in [6, 6.07) is 12.1. The van der Waals surface area contributed by atoms with Crippen molar-refractivity contribution in [2.24, 2.45) is 5.14 Å². The monoisotopic (exact) mass is 307 g/mol. The Kier molecular flexibility index (Phi) is 4.50. The zero-order valence-electron chi connectivity index (χ0n) is 11.9. The maximum absolute atomic E-state index is 11.3. The molecule has 0 spiro atoms. The van der Waals surface area contributed by atoms with Gasteiger partial charge in [-0.3, -0.25) is 0 Å². The number of ether oxygens (including phenoxy) is 2. The molecule has 0 bridgehead atoms. The second kappa shape index (κ2) is 6.15. The van der Waals surface area contributed by atoms with Gasteiger partial charge in [-0.2, -0.15) is 0 Å². The fraction of sp³-hybridized carbons (Fsp3) is 0.200. The highest BCUT2D eigenvalue weighted by Crippen LogP contribution is 2.24. The maximum atomic E-state index is 11.3. The molecule has 112 valence electrons. The first-order valence-electron chi connectivity index (χ1n) is 6.30. The third-order valence-corrected chi connectivity index (χ3v) is 3.96. The summed E-state index contributed by atoms with van der Waals surface area (Å²) < 4.78 is 33.5. The minimum atomic E-state index is -3.70. The van der Waals surface area contributed by atoms with Gasteiger partial charge >= 0.3 is 0 Å². The lowest BCUT2D eigenvalue weighted by atomic mass is 10.2. The number of rotatable bonds is 5. The van der Waals surface area contributed by atoms with E-state index in [4.69, 9.17) is 14.6 Å². The third-order valence-electron chi connectivity index (χ3n) is 3.05. The molecule has 0 radical (unpaired) electrons. The standard InChI is InChI=1S/C15H17NO4S/c1-11-9-13(21(16,17)18)7-8-14(11)20-10-12-5-3-4-6-15(12)19-2/h3-9H,10H2,1-2H3,(H2,16,17,18). The van der Waals surface area contributed by atoms with Crippen LogP contribution in [-0.2, 0) is 16.6 Å². The molecule has 0 aliphatic rings. The summed E-state index contributed by atoms with van der Waals surface area (Å²) in [7, 11) is -2.09. The van der Waals surface area contributed by atoms with Crippen molar-refractivity contribution in [3.63, 3.8) is 0 Å². The SMILES string of the molecule is COc1ccccc1COc1ccc(S(N)(=O)=O)cc1C. The summed E-state index contributed by atoms with van der Waals surface area (Å²) in [5.74, 6) is 1.35. The number of primary sulfonamides is 1. The van der Waals surface area contributed by atoms with E-state index in [2.05, 4.69) is 0 Å². The number of hydrogen-bond acceptors (Lipinski definition) is 4. The Balaban J connectivity index is 2.17. The van der Waals surface area contributed by atoms with Crippen molar-refractivity contribution >= 4 is 10.0 Å². The van der Waals surface area contributed by atoms with Gasteiger partial charge in [0.15, 0.2) is 0 Å². The van der Waals surface area contributed by atoms with Crippen molar-refractivity contribution in [1.82, 2.24) is 0 Å². The molecule has 0 aromatic heterocycles. The molecular weight excluding hydrogens is 290 g/mol. The largest absolute Gasteiger partial charge is 0.496 e. The summed E-state index contributed by atoms with van der Waals surface area (Å²) in [4.78, 5) is 0.0737. The summed E-state index contributed by atoms with van der Waals surface area (Å²) in [5.41, 5.74) is 1.62. The Labute approximate surface area is 124 Å². The van der Waals surface area contributed by atoms with E-state index in [9.17, 15) is 8.42 Å². The van der Waals surface area contributed by atoms with Crippen LogP contribution in [0.3, 0.4) is 0 Å². The first-order valence-corrected chi connectivity index (χ1v) is 7.84. The molecule has 0 aliphatic heterocycles. The van der Waals surface area contributed by atoms with Gasteiger partial charge in [0.2, 0.25) is 10.0 Å². The highest BCUT2D eigenvalue weighted by atomic mass is 32.2.